The lowest BCUT2D eigenvalue weighted by molar-refractivity contribution is 0.0721. The van der Waals surface area contributed by atoms with E-state index >= 15 is 0 Å². The average molecular weight is 232 g/mol. The average Bonchev–Trinajstić information content (AvgIpc) is 2.36. The maximum Gasteiger partial charge on any atom is 0.228 e. The lowest BCUT2D eigenvalue weighted by Crippen LogP contribution is -2.42. The number of ether oxygens (including phenoxy) is 1. The van der Waals surface area contributed by atoms with E-state index in [1.807, 2.05) is 0 Å². The van der Waals surface area contributed by atoms with Crippen molar-refractivity contribution in [3.63, 3.8) is 0 Å². The Balaban J connectivity index is 2.63. The molecule has 1 aromatic rings. The first-order chi connectivity index (χ1) is 8.10. The molecule has 86 valence electrons. The second-order valence-electron chi connectivity index (χ2n) is 3.47. The molecule has 6 heteroatoms. The molecule has 0 saturated heterocycles. The summed E-state index contributed by atoms with van der Waals surface area (Å²) in [5.74, 6) is -1.17. The minimum Gasteiger partial charge on any atom is -0.367 e. The van der Waals surface area contributed by atoms with Crippen LogP contribution in [0.15, 0.2) is 12.1 Å². The zero-order valence-electron chi connectivity index (χ0n) is 8.89. The van der Waals surface area contributed by atoms with E-state index in [1.54, 1.807) is 0 Å². The summed E-state index contributed by atoms with van der Waals surface area (Å²) in [5, 5.41) is 7.52. The van der Waals surface area contributed by atoms with Crippen LogP contribution in [-0.4, -0.2) is 41.8 Å². The fourth-order valence-corrected chi connectivity index (χ4v) is 1.66. The highest BCUT2D eigenvalue weighted by atomic mass is 16.5. The molecule has 0 bridgehead atoms. The summed E-state index contributed by atoms with van der Waals surface area (Å²) in [5.41, 5.74) is -0.476. The molecule has 0 aromatic carbocycles. The van der Waals surface area contributed by atoms with Crippen LogP contribution in [0.4, 0.5) is 0 Å². The highest BCUT2D eigenvalue weighted by Crippen LogP contribution is 2.19. The maximum absolute atomic E-state index is 11.9. The number of ketones is 2. The van der Waals surface area contributed by atoms with E-state index in [0.29, 0.717) is 6.29 Å². The van der Waals surface area contributed by atoms with Gasteiger partial charge in [-0.05, 0) is 12.1 Å². The molecular weight excluding hydrogens is 224 g/mol. The van der Waals surface area contributed by atoms with E-state index in [4.69, 9.17) is 10.1 Å². The summed E-state index contributed by atoms with van der Waals surface area (Å²) in [4.78, 5) is 37.9. The zero-order valence-corrected chi connectivity index (χ0v) is 8.89. The van der Waals surface area contributed by atoms with Gasteiger partial charge in [0, 0.05) is 7.11 Å². The van der Waals surface area contributed by atoms with Crippen LogP contribution in [-0.2, 0) is 4.74 Å². The SMILES string of the molecule is COC1C(=N)C(=O)c2nc(C=O)ccc2C1=O. The van der Waals surface area contributed by atoms with Crippen molar-refractivity contribution < 1.29 is 19.1 Å². The fourth-order valence-electron chi connectivity index (χ4n) is 1.66. The predicted molar refractivity (Wildman–Crippen MR) is 56.8 cm³/mol. The molecule has 1 unspecified atom stereocenters. The van der Waals surface area contributed by atoms with Gasteiger partial charge in [-0.2, -0.15) is 0 Å². The van der Waals surface area contributed by atoms with Crippen LogP contribution in [0, 0.1) is 5.41 Å². The molecule has 0 saturated carbocycles. The lowest BCUT2D eigenvalue weighted by Gasteiger charge is -2.21. The molecule has 6 nitrogen and oxygen atoms in total. The number of aldehydes is 1. The maximum atomic E-state index is 11.9. The van der Waals surface area contributed by atoms with Crippen molar-refractivity contribution in [2.75, 3.05) is 7.11 Å². The number of hydrogen-bond acceptors (Lipinski definition) is 6. The Labute approximate surface area is 96.1 Å². The van der Waals surface area contributed by atoms with Crippen molar-refractivity contribution in [1.29, 1.82) is 5.41 Å². The molecule has 0 radical (unpaired) electrons. The van der Waals surface area contributed by atoms with E-state index in [2.05, 4.69) is 4.98 Å². The second kappa shape index (κ2) is 3.99. The van der Waals surface area contributed by atoms with Crippen LogP contribution in [0.3, 0.4) is 0 Å². The highest BCUT2D eigenvalue weighted by Gasteiger charge is 2.38. The molecule has 0 amide bonds. The Morgan fingerprint density at radius 2 is 2.12 bits per heavy atom. The first-order valence-corrected chi connectivity index (χ1v) is 4.76. The molecule has 0 spiro atoms. The number of fused-ring (bicyclic) bond motifs is 1. The second-order valence-corrected chi connectivity index (χ2v) is 3.47. The van der Waals surface area contributed by atoms with Gasteiger partial charge < -0.3 is 4.74 Å². The number of pyridine rings is 1. The van der Waals surface area contributed by atoms with Crippen molar-refractivity contribution in [3.05, 3.63) is 29.1 Å². The van der Waals surface area contributed by atoms with E-state index in [9.17, 15) is 14.4 Å². The van der Waals surface area contributed by atoms with Crippen molar-refractivity contribution in [2.45, 2.75) is 6.10 Å². The molecule has 1 N–H and O–H groups in total. The first-order valence-electron chi connectivity index (χ1n) is 4.76. The summed E-state index contributed by atoms with van der Waals surface area (Å²) in [7, 11) is 1.25. The topological polar surface area (TPSA) is 97.2 Å². The van der Waals surface area contributed by atoms with Crippen molar-refractivity contribution in [3.8, 4) is 0 Å². The quantitative estimate of drug-likeness (QED) is 0.740. The molecule has 1 atom stereocenters. The van der Waals surface area contributed by atoms with E-state index in [-0.39, 0.29) is 17.0 Å². The van der Waals surface area contributed by atoms with Crippen molar-refractivity contribution in [1.82, 2.24) is 4.98 Å². The van der Waals surface area contributed by atoms with Gasteiger partial charge in [0.1, 0.15) is 17.1 Å². The molecule has 1 aromatic heterocycles. The number of Topliss-reactive ketones (excluding diaryl/α,β-unsaturated/α-hetero) is 2. The third kappa shape index (κ3) is 1.58. The summed E-state index contributed by atoms with van der Waals surface area (Å²) in [6.07, 6.45) is -0.705. The van der Waals surface area contributed by atoms with Crippen LogP contribution in [0.2, 0.25) is 0 Å². The van der Waals surface area contributed by atoms with E-state index in [0.717, 1.165) is 0 Å². The summed E-state index contributed by atoms with van der Waals surface area (Å²) >= 11 is 0. The van der Waals surface area contributed by atoms with Crippen LogP contribution >= 0.6 is 0 Å². The van der Waals surface area contributed by atoms with Crippen LogP contribution < -0.4 is 0 Å². The predicted octanol–water partition coefficient (Wildman–Crippen LogP) is 0.308. The van der Waals surface area contributed by atoms with Gasteiger partial charge in [-0.25, -0.2) is 4.98 Å². The van der Waals surface area contributed by atoms with Crippen LogP contribution in [0.5, 0.6) is 0 Å². The van der Waals surface area contributed by atoms with Gasteiger partial charge in [0.2, 0.25) is 5.78 Å². The molecule has 1 aliphatic rings. The molecule has 17 heavy (non-hydrogen) atoms. The molecule has 0 fully saturated rings. The van der Waals surface area contributed by atoms with Gasteiger partial charge in [-0.3, -0.25) is 19.8 Å². The highest BCUT2D eigenvalue weighted by molar-refractivity contribution is 6.53. The number of nitrogens with one attached hydrogen (secondary N) is 1. The Morgan fingerprint density at radius 1 is 1.41 bits per heavy atom. The lowest BCUT2D eigenvalue weighted by atomic mass is 9.89. The van der Waals surface area contributed by atoms with E-state index < -0.39 is 23.4 Å². The molecule has 1 heterocycles. The van der Waals surface area contributed by atoms with Gasteiger partial charge in [-0.15, -0.1) is 0 Å². The third-order valence-corrected chi connectivity index (χ3v) is 2.50. The number of carbonyl (C=O) groups excluding carboxylic acids is 3. The standard InChI is InChI=1S/C11H8N2O4/c1-17-11-7(12)10(16)8-6(9(11)15)3-2-5(4-14)13-8/h2-4,11-12H,1H3. The molecule has 1 aliphatic carbocycles. The fraction of sp³-hybridized carbons (Fsp3) is 0.182. The van der Waals surface area contributed by atoms with Crippen molar-refractivity contribution >= 4 is 23.6 Å². The number of carbonyl (C=O) groups is 3. The number of methoxy groups -OCH3 is 1. The Hall–Kier alpha value is -2.21. The number of aromatic nitrogens is 1. The van der Waals surface area contributed by atoms with E-state index in [1.165, 1.54) is 19.2 Å². The van der Waals surface area contributed by atoms with Gasteiger partial charge in [0.15, 0.2) is 18.2 Å². The molecule has 2 rings (SSSR count). The van der Waals surface area contributed by atoms with Gasteiger partial charge in [0.25, 0.3) is 0 Å². The normalized spacial score (nSPS) is 19.1. The van der Waals surface area contributed by atoms with Gasteiger partial charge >= 0.3 is 0 Å². The number of hydrogen-bond donors (Lipinski definition) is 1. The summed E-state index contributed by atoms with van der Waals surface area (Å²) < 4.78 is 4.81. The monoisotopic (exact) mass is 232 g/mol. The molecular formula is C11H8N2O4. The Kier molecular flexibility index (Phi) is 2.64. The Morgan fingerprint density at radius 3 is 2.71 bits per heavy atom. The van der Waals surface area contributed by atoms with Crippen LogP contribution in [0.1, 0.15) is 31.3 Å². The number of nitrogens with zero attached hydrogens (tertiary/aromatic N) is 1. The smallest absolute Gasteiger partial charge is 0.228 e. The number of rotatable bonds is 2. The van der Waals surface area contributed by atoms with Crippen molar-refractivity contribution in [2.24, 2.45) is 0 Å². The zero-order chi connectivity index (χ0) is 12.6. The van der Waals surface area contributed by atoms with Gasteiger partial charge in [-0.1, -0.05) is 0 Å². The Bertz CT molecular complexity index is 550. The summed E-state index contributed by atoms with van der Waals surface area (Å²) in [6.45, 7) is 0. The minimum absolute atomic E-state index is 0.0496. The largest absolute Gasteiger partial charge is 0.367 e. The van der Waals surface area contributed by atoms with Gasteiger partial charge in [0.05, 0.1) is 5.56 Å². The minimum atomic E-state index is -1.18. The van der Waals surface area contributed by atoms with Crippen LogP contribution in [0.25, 0.3) is 0 Å². The molecule has 0 aliphatic heterocycles. The summed E-state index contributed by atoms with van der Waals surface area (Å²) in [6, 6.07) is 2.70. The first kappa shape index (κ1) is 11.3. The third-order valence-electron chi connectivity index (χ3n) is 2.50.